The molecular weight excluding hydrogens is 797 g/mol. The van der Waals surface area contributed by atoms with Gasteiger partial charge in [-0.15, -0.1) is 12.8 Å². The number of nitrogens with zero attached hydrogens (tertiary/aromatic N) is 4. The Bertz CT molecular complexity index is 2380. The molecule has 1 aliphatic carbocycles. The Balaban J connectivity index is 0.00000143. The summed E-state index contributed by atoms with van der Waals surface area (Å²) in [5.41, 5.74) is 5.26. The van der Waals surface area contributed by atoms with Gasteiger partial charge in [-0.05, 0) is 84.0 Å². The van der Waals surface area contributed by atoms with E-state index in [0.29, 0.717) is 25.5 Å². The Hall–Kier alpha value is -6.62. The Morgan fingerprint density at radius 1 is 0.841 bits per heavy atom. The number of imidazole rings is 2. The number of terminal acetylenes is 1. The van der Waals surface area contributed by atoms with Crippen LogP contribution < -0.4 is 10.6 Å². The first kappa shape index (κ1) is 47.4. The molecule has 2 aliphatic rings. The summed E-state index contributed by atoms with van der Waals surface area (Å²) in [6.07, 6.45) is 15.4. The van der Waals surface area contributed by atoms with Crippen LogP contribution in [0.25, 0.3) is 44.4 Å². The number of hydrogen-bond donors (Lipinski definition) is 4. The molecule has 5 aromatic rings. The normalized spacial score (nSPS) is 17.6. The van der Waals surface area contributed by atoms with E-state index in [1.807, 2.05) is 11.1 Å². The van der Waals surface area contributed by atoms with Gasteiger partial charge in [-0.1, -0.05) is 89.1 Å². The zero-order valence-corrected chi connectivity index (χ0v) is 37.8. The number of methoxy groups -OCH3 is 2. The van der Waals surface area contributed by atoms with E-state index >= 15 is 0 Å². The molecule has 334 valence electrons. The highest BCUT2D eigenvalue weighted by molar-refractivity contribution is 5.91. The number of H-pyrrole nitrogens is 2. The van der Waals surface area contributed by atoms with Crippen molar-refractivity contribution in [1.82, 2.24) is 40.4 Å². The highest BCUT2D eigenvalue weighted by Gasteiger charge is 2.50. The second kappa shape index (κ2) is 21.0. The van der Waals surface area contributed by atoms with Crippen molar-refractivity contribution in [2.75, 3.05) is 33.9 Å². The van der Waals surface area contributed by atoms with Gasteiger partial charge in [0.1, 0.15) is 29.8 Å². The molecule has 3 heterocycles. The summed E-state index contributed by atoms with van der Waals surface area (Å²) in [5.74, 6) is 1.23. The van der Waals surface area contributed by atoms with E-state index in [0.717, 1.165) is 75.9 Å². The van der Waals surface area contributed by atoms with Crippen LogP contribution in [-0.2, 0) is 31.1 Å². The molecule has 3 atom stereocenters. The van der Waals surface area contributed by atoms with Crippen LogP contribution in [-0.4, -0.2) is 93.6 Å². The van der Waals surface area contributed by atoms with E-state index in [-0.39, 0.29) is 29.7 Å². The fourth-order valence-corrected chi connectivity index (χ4v) is 8.14. The van der Waals surface area contributed by atoms with Gasteiger partial charge in [-0.3, -0.25) is 9.59 Å². The molecule has 14 heteroatoms. The first-order valence-corrected chi connectivity index (χ1v) is 21.6. The van der Waals surface area contributed by atoms with Gasteiger partial charge in [0.2, 0.25) is 11.8 Å². The number of amides is 4. The zero-order chi connectivity index (χ0) is 45.9. The van der Waals surface area contributed by atoms with E-state index in [9.17, 15) is 19.2 Å². The highest BCUT2D eigenvalue weighted by atomic mass is 16.5. The maximum atomic E-state index is 13.6. The first-order valence-electron chi connectivity index (χ1n) is 21.6. The van der Waals surface area contributed by atoms with Crippen LogP contribution in [0.5, 0.6) is 0 Å². The van der Waals surface area contributed by atoms with Gasteiger partial charge in [0.25, 0.3) is 0 Å². The molecule has 3 aromatic carbocycles. The molecule has 63 heavy (non-hydrogen) atoms. The summed E-state index contributed by atoms with van der Waals surface area (Å²) in [7, 11) is 2.55. The minimum atomic E-state index is -0.738. The standard InChI is InChI=1S/C44H52N8O6.C3H8.C2H2/c1-7-34-16-19-52(39(54)27(2)48-42(56)58-6)44(34,4)40-46-23-35(50-40)29-10-8-28(9-11-29)30-12-13-32-21-33(15-14-31(32)20-30)36-22-45-37(49-36)25-51(26-43(3)17-18-43)38(53)24-47-41(55)57-5;1-3-2;1-2/h8-15,20-23,27,34H,7,16-19,24-26H2,1-6H3,(H,45,49)(H,46,50)(H,47,55)(H,48,56);3H2,1-2H3;1-2H/t27-,34+,44-;;/m0../s1. The average Bonchev–Trinajstić information content (AvgIpc) is 3.65. The van der Waals surface area contributed by atoms with Crippen molar-refractivity contribution in [3.05, 3.63) is 84.7 Å². The van der Waals surface area contributed by atoms with E-state index in [4.69, 9.17) is 9.72 Å². The molecule has 7 rings (SSSR count). The molecule has 1 saturated carbocycles. The predicted molar refractivity (Wildman–Crippen MR) is 246 cm³/mol. The minimum absolute atomic E-state index is 0.0885. The Labute approximate surface area is 370 Å². The third-order valence-corrected chi connectivity index (χ3v) is 12.0. The van der Waals surface area contributed by atoms with Crippen LogP contribution in [0.2, 0.25) is 0 Å². The SMILES string of the molecule is C#C.CCC.CC[C@@H]1CCN(C(=O)[C@H](C)NC(=O)OC)[C@]1(C)c1ncc(-c2ccc(-c3ccc4cc(-c5cnc(CN(CC6(C)CC6)C(=O)CNC(=O)OC)[nH]5)ccc4c3)cc2)[nH]1. The average molecular weight is 859 g/mol. The number of alkyl carbamates (subject to hydrolysis) is 2. The van der Waals surface area contributed by atoms with E-state index in [1.54, 1.807) is 18.0 Å². The third kappa shape index (κ3) is 11.1. The summed E-state index contributed by atoms with van der Waals surface area (Å²) >= 11 is 0. The predicted octanol–water partition coefficient (Wildman–Crippen LogP) is 8.66. The van der Waals surface area contributed by atoms with Gasteiger partial charge in [0.15, 0.2) is 0 Å². The number of hydrogen-bond acceptors (Lipinski definition) is 8. The lowest BCUT2D eigenvalue weighted by Crippen LogP contribution is -2.53. The van der Waals surface area contributed by atoms with E-state index < -0.39 is 23.8 Å². The number of carbonyl (C=O) groups excluding carboxylic acids is 4. The topological polar surface area (TPSA) is 175 Å². The number of aromatic amines is 2. The third-order valence-electron chi connectivity index (χ3n) is 12.0. The summed E-state index contributed by atoms with van der Waals surface area (Å²) in [6, 6.07) is 20.3. The zero-order valence-electron chi connectivity index (χ0n) is 37.8. The monoisotopic (exact) mass is 858 g/mol. The van der Waals surface area contributed by atoms with Gasteiger partial charge >= 0.3 is 12.2 Å². The molecule has 0 spiro atoms. The first-order chi connectivity index (χ1) is 30.2. The van der Waals surface area contributed by atoms with Crippen molar-refractivity contribution in [1.29, 1.82) is 0 Å². The molecule has 1 saturated heterocycles. The van der Waals surface area contributed by atoms with Gasteiger partial charge < -0.3 is 39.9 Å². The Kier molecular flexibility index (Phi) is 15.8. The molecule has 4 amide bonds. The fourth-order valence-electron chi connectivity index (χ4n) is 8.14. The molecule has 0 unspecified atom stereocenters. The number of nitrogens with one attached hydrogen (secondary N) is 4. The molecule has 2 fully saturated rings. The van der Waals surface area contributed by atoms with Crippen LogP contribution in [0.15, 0.2) is 73.1 Å². The largest absolute Gasteiger partial charge is 0.453 e. The Morgan fingerprint density at radius 2 is 1.41 bits per heavy atom. The fraction of sp³-hybridized carbons (Fsp3) is 0.429. The molecule has 4 N–H and O–H groups in total. The minimum Gasteiger partial charge on any atom is -0.453 e. The van der Waals surface area contributed by atoms with E-state index in [2.05, 4.69) is 138 Å². The molecule has 0 bridgehead atoms. The number of rotatable bonds is 13. The van der Waals surface area contributed by atoms with E-state index in [1.165, 1.54) is 20.6 Å². The summed E-state index contributed by atoms with van der Waals surface area (Å²) in [5, 5.41) is 7.29. The van der Waals surface area contributed by atoms with Crippen molar-refractivity contribution < 1.29 is 28.7 Å². The van der Waals surface area contributed by atoms with Crippen LogP contribution in [0.3, 0.4) is 0 Å². The lowest BCUT2D eigenvalue weighted by molar-refractivity contribution is -0.138. The number of likely N-dealkylation sites (tertiary alicyclic amines) is 1. The van der Waals surface area contributed by atoms with Crippen LogP contribution in [0.1, 0.15) is 85.3 Å². The van der Waals surface area contributed by atoms with Gasteiger partial charge in [0, 0.05) is 18.7 Å². The van der Waals surface area contributed by atoms with Crippen molar-refractivity contribution in [3.8, 4) is 46.5 Å². The van der Waals surface area contributed by atoms with Gasteiger partial charge in [-0.2, -0.15) is 0 Å². The number of fused-ring (bicyclic) bond motifs is 1. The number of ether oxygens (including phenoxy) is 2. The van der Waals surface area contributed by atoms with Crippen LogP contribution >= 0.6 is 0 Å². The lowest BCUT2D eigenvalue weighted by Gasteiger charge is -2.38. The molecule has 0 radical (unpaired) electrons. The quantitative estimate of drug-likeness (QED) is 0.0852. The van der Waals surface area contributed by atoms with Crippen molar-refractivity contribution in [2.45, 2.75) is 91.8 Å². The molecule has 1 aliphatic heterocycles. The maximum Gasteiger partial charge on any atom is 0.407 e. The number of carbonyl (C=O) groups is 4. The van der Waals surface area contributed by atoms with Crippen molar-refractivity contribution in [2.24, 2.45) is 11.3 Å². The van der Waals surface area contributed by atoms with Gasteiger partial charge in [0.05, 0.1) is 44.5 Å². The maximum absolute atomic E-state index is 13.6. The summed E-state index contributed by atoms with van der Waals surface area (Å²) in [4.78, 5) is 70.0. The molecule has 2 aromatic heterocycles. The van der Waals surface area contributed by atoms with Gasteiger partial charge in [-0.25, -0.2) is 19.6 Å². The van der Waals surface area contributed by atoms with Crippen LogP contribution in [0.4, 0.5) is 9.59 Å². The number of benzene rings is 3. The second-order valence-corrected chi connectivity index (χ2v) is 16.7. The lowest BCUT2D eigenvalue weighted by atomic mass is 9.83. The second-order valence-electron chi connectivity index (χ2n) is 16.7. The van der Waals surface area contributed by atoms with Crippen LogP contribution in [0, 0.1) is 24.2 Å². The summed E-state index contributed by atoms with van der Waals surface area (Å²) in [6.45, 7) is 13.6. The molecule has 14 nitrogen and oxygen atoms in total. The highest BCUT2D eigenvalue weighted by Crippen LogP contribution is 2.46. The Morgan fingerprint density at radius 3 is 2.03 bits per heavy atom. The van der Waals surface area contributed by atoms with Crippen molar-refractivity contribution in [3.63, 3.8) is 0 Å². The number of aromatic nitrogens is 4. The van der Waals surface area contributed by atoms with Crippen molar-refractivity contribution >= 4 is 34.8 Å². The summed E-state index contributed by atoms with van der Waals surface area (Å²) < 4.78 is 9.34. The molecular formula is C49H62N8O6. The smallest absolute Gasteiger partial charge is 0.407 e.